The maximum atomic E-state index is 3.72. The van der Waals surface area contributed by atoms with Crippen LogP contribution in [0.1, 0.15) is 5.69 Å². The highest BCUT2D eigenvalue weighted by atomic mass is 79.9. The third-order valence-electron chi connectivity index (χ3n) is 1.52. The maximum Gasteiger partial charge on any atom is 0.305 e. The lowest BCUT2D eigenvalue weighted by molar-refractivity contribution is -0.699. The van der Waals surface area contributed by atoms with Gasteiger partial charge < -0.3 is 0 Å². The van der Waals surface area contributed by atoms with Crippen molar-refractivity contribution in [3.05, 3.63) is 40.3 Å². The Balaban J connectivity index is 2.94. The Morgan fingerprint density at radius 3 is 2.83 bits per heavy atom. The molecule has 0 amide bonds. The van der Waals surface area contributed by atoms with Crippen LogP contribution >= 0.6 is 27.3 Å². The van der Waals surface area contributed by atoms with Crippen LogP contribution in [0.15, 0.2) is 34.6 Å². The molecule has 0 fully saturated rings. The van der Waals surface area contributed by atoms with Crippen LogP contribution in [0.2, 0.25) is 0 Å². The van der Waals surface area contributed by atoms with Crippen LogP contribution in [0.5, 0.6) is 0 Å². The quantitative estimate of drug-likeness (QED) is 0.567. The zero-order valence-corrected chi connectivity index (χ0v) is 9.20. The zero-order valence-electron chi connectivity index (χ0n) is 6.79. The standard InChI is InChI=1S/C9H11BrNS/c1-3-5-8-7-12-9(10)11(8)6-4-2/h3-4,7H,1-2,5-6H2/q+1. The molecule has 1 aromatic rings. The topological polar surface area (TPSA) is 3.88 Å². The van der Waals surface area contributed by atoms with Crippen molar-refractivity contribution in [3.63, 3.8) is 0 Å². The van der Waals surface area contributed by atoms with Gasteiger partial charge in [-0.1, -0.05) is 24.0 Å². The van der Waals surface area contributed by atoms with Gasteiger partial charge in [-0.3, -0.25) is 0 Å². The Hall–Kier alpha value is -0.410. The Morgan fingerprint density at radius 2 is 2.25 bits per heavy atom. The number of halogens is 1. The molecule has 0 aliphatic rings. The summed E-state index contributed by atoms with van der Waals surface area (Å²) in [5.41, 5.74) is 1.28. The Kier molecular flexibility index (Phi) is 3.69. The molecule has 0 aromatic carbocycles. The number of allylic oxidation sites excluding steroid dienone is 2. The van der Waals surface area contributed by atoms with E-state index >= 15 is 0 Å². The van der Waals surface area contributed by atoms with Crippen LogP contribution in [-0.4, -0.2) is 0 Å². The van der Waals surface area contributed by atoms with Gasteiger partial charge in [0.1, 0.15) is 0 Å². The van der Waals surface area contributed by atoms with Crippen molar-refractivity contribution in [2.75, 3.05) is 0 Å². The summed E-state index contributed by atoms with van der Waals surface area (Å²) in [4.78, 5) is 0. The SMILES string of the molecule is C=CCc1csc(Br)[n+]1CC=C. The molecule has 0 atom stereocenters. The lowest BCUT2D eigenvalue weighted by Gasteiger charge is -1.91. The molecule has 1 nitrogen and oxygen atoms in total. The number of rotatable bonds is 4. The molecule has 1 aromatic heterocycles. The smallest absolute Gasteiger partial charge is 0.176 e. The first-order valence-corrected chi connectivity index (χ1v) is 5.34. The van der Waals surface area contributed by atoms with Crippen LogP contribution in [0.3, 0.4) is 0 Å². The summed E-state index contributed by atoms with van der Waals surface area (Å²) in [5.74, 6) is 0. The van der Waals surface area contributed by atoms with Crippen LogP contribution in [0.25, 0.3) is 0 Å². The summed E-state index contributed by atoms with van der Waals surface area (Å²) >= 11 is 5.18. The van der Waals surface area contributed by atoms with Crippen molar-refractivity contribution in [1.29, 1.82) is 0 Å². The van der Waals surface area contributed by atoms with E-state index in [0.29, 0.717) is 0 Å². The van der Waals surface area contributed by atoms with Gasteiger partial charge in [0.05, 0.1) is 11.8 Å². The fraction of sp³-hybridized carbons (Fsp3) is 0.222. The fourth-order valence-corrected chi connectivity index (χ4v) is 2.41. The van der Waals surface area contributed by atoms with Gasteiger partial charge in [-0.25, -0.2) is 0 Å². The summed E-state index contributed by atoms with van der Waals surface area (Å²) in [7, 11) is 0. The molecular weight excluding hydrogens is 234 g/mol. The summed E-state index contributed by atoms with van der Waals surface area (Å²) in [5, 5.41) is 2.13. The van der Waals surface area contributed by atoms with Crippen LogP contribution in [0.4, 0.5) is 0 Å². The average molecular weight is 245 g/mol. The van der Waals surface area contributed by atoms with Gasteiger partial charge >= 0.3 is 3.92 Å². The molecule has 0 bridgehead atoms. The predicted octanol–water partition coefficient (Wildman–Crippen LogP) is 2.71. The molecule has 12 heavy (non-hydrogen) atoms. The lowest BCUT2D eigenvalue weighted by atomic mass is 10.3. The number of aromatic nitrogens is 1. The molecule has 0 aliphatic carbocycles. The Morgan fingerprint density at radius 1 is 1.50 bits per heavy atom. The highest BCUT2D eigenvalue weighted by molar-refractivity contribution is 9.11. The number of nitrogens with zero attached hydrogens (tertiary/aromatic N) is 1. The highest BCUT2D eigenvalue weighted by Crippen LogP contribution is 2.14. The molecule has 0 unspecified atom stereocenters. The predicted molar refractivity (Wildman–Crippen MR) is 56.3 cm³/mol. The van der Waals surface area contributed by atoms with Crippen LogP contribution < -0.4 is 4.57 Å². The van der Waals surface area contributed by atoms with Crippen molar-refractivity contribution in [2.24, 2.45) is 0 Å². The largest absolute Gasteiger partial charge is 0.305 e. The van der Waals surface area contributed by atoms with E-state index in [1.54, 1.807) is 11.3 Å². The van der Waals surface area contributed by atoms with E-state index in [1.165, 1.54) is 5.69 Å². The fourth-order valence-electron chi connectivity index (χ4n) is 0.981. The monoisotopic (exact) mass is 244 g/mol. The van der Waals surface area contributed by atoms with Gasteiger partial charge in [-0.05, 0) is 6.08 Å². The number of hydrogen-bond acceptors (Lipinski definition) is 1. The third kappa shape index (κ3) is 2.05. The maximum absolute atomic E-state index is 3.72. The average Bonchev–Trinajstić information content (AvgIpc) is 2.37. The number of thiazole rings is 1. The summed E-state index contributed by atoms with van der Waals surface area (Å²) < 4.78 is 3.32. The first kappa shape index (κ1) is 9.68. The zero-order chi connectivity index (χ0) is 8.97. The van der Waals surface area contributed by atoms with E-state index in [2.05, 4.69) is 39.0 Å². The molecule has 64 valence electrons. The molecule has 0 N–H and O–H groups in total. The molecule has 0 spiro atoms. The second-order valence-electron chi connectivity index (χ2n) is 2.37. The third-order valence-corrected chi connectivity index (χ3v) is 3.31. The molecule has 0 saturated carbocycles. The normalized spacial score (nSPS) is 9.75. The van der Waals surface area contributed by atoms with Gasteiger partial charge in [0.2, 0.25) is 0 Å². The Bertz CT molecular complexity index is 291. The Labute approximate surface area is 85.2 Å². The molecule has 0 saturated heterocycles. The van der Waals surface area contributed by atoms with Crippen molar-refractivity contribution in [3.8, 4) is 0 Å². The van der Waals surface area contributed by atoms with Crippen molar-refractivity contribution in [2.45, 2.75) is 13.0 Å². The molecule has 3 heteroatoms. The van der Waals surface area contributed by atoms with Gasteiger partial charge in [-0.15, -0.1) is 6.58 Å². The van der Waals surface area contributed by atoms with Gasteiger partial charge in [0.15, 0.2) is 12.2 Å². The first-order valence-electron chi connectivity index (χ1n) is 3.67. The van der Waals surface area contributed by atoms with Crippen molar-refractivity contribution < 1.29 is 4.57 Å². The van der Waals surface area contributed by atoms with Crippen molar-refractivity contribution in [1.82, 2.24) is 0 Å². The summed E-state index contributed by atoms with van der Waals surface area (Å²) in [6.45, 7) is 8.29. The van der Waals surface area contributed by atoms with E-state index in [1.807, 2.05) is 12.2 Å². The molecule has 0 radical (unpaired) electrons. The molecule has 1 rings (SSSR count). The minimum Gasteiger partial charge on any atom is -0.176 e. The highest BCUT2D eigenvalue weighted by Gasteiger charge is 2.14. The van der Waals surface area contributed by atoms with E-state index in [4.69, 9.17) is 0 Å². The van der Waals surface area contributed by atoms with Crippen molar-refractivity contribution >= 4 is 27.3 Å². The van der Waals surface area contributed by atoms with Crippen LogP contribution in [0, 0.1) is 0 Å². The molecule has 1 heterocycles. The lowest BCUT2D eigenvalue weighted by Crippen LogP contribution is -2.36. The second kappa shape index (κ2) is 4.58. The summed E-state index contributed by atoms with van der Waals surface area (Å²) in [6, 6.07) is 0. The second-order valence-corrected chi connectivity index (χ2v) is 4.51. The summed E-state index contributed by atoms with van der Waals surface area (Å²) in [6.07, 6.45) is 4.72. The molecular formula is C9H11BrNS+. The van der Waals surface area contributed by atoms with E-state index < -0.39 is 0 Å². The van der Waals surface area contributed by atoms with Crippen LogP contribution in [-0.2, 0) is 13.0 Å². The van der Waals surface area contributed by atoms with Gasteiger partial charge in [0.25, 0.3) is 0 Å². The first-order chi connectivity index (χ1) is 5.79. The van der Waals surface area contributed by atoms with Gasteiger partial charge in [-0.2, -0.15) is 4.57 Å². The minimum absolute atomic E-state index is 0.854. The van der Waals surface area contributed by atoms with Gasteiger partial charge in [0, 0.05) is 15.9 Å². The van der Waals surface area contributed by atoms with E-state index in [-0.39, 0.29) is 0 Å². The van der Waals surface area contributed by atoms with E-state index in [0.717, 1.165) is 16.9 Å². The molecule has 0 aliphatic heterocycles. The number of hydrogen-bond donors (Lipinski definition) is 0. The van der Waals surface area contributed by atoms with E-state index in [9.17, 15) is 0 Å². The minimum atomic E-state index is 0.854.